The maximum atomic E-state index is 5.35. The molecule has 2 heterocycles. The summed E-state index contributed by atoms with van der Waals surface area (Å²) < 4.78 is 7.26. The molecule has 0 aliphatic carbocycles. The second kappa shape index (κ2) is 4.72. The lowest BCUT2D eigenvalue weighted by molar-refractivity contribution is 0.551. The Bertz CT molecular complexity index is 808. The van der Waals surface area contributed by atoms with Crippen molar-refractivity contribution in [1.82, 2.24) is 20.0 Å². The molecule has 0 aliphatic heterocycles. The number of para-hydroxylation sites is 1. The highest BCUT2D eigenvalue weighted by Gasteiger charge is 2.16. The summed E-state index contributed by atoms with van der Waals surface area (Å²) in [4.78, 5) is 0.263. The zero-order chi connectivity index (χ0) is 14.3. The van der Waals surface area contributed by atoms with Crippen molar-refractivity contribution < 1.29 is 4.42 Å². The van der Waals surface area contributed by atoms with E-state index in [1.165, 1.54) is 11.1 Å². The minimum absolute atomic E-state index is 0.263. The molecule has 0 saturated heterocycles. The van der Waals surface area contributed by atoms with Crippen molar-refractivity contribution in [1.29, 1.82) is 0 Å². The topological polar surface area (TPSA) is 59.6 Å². The van der Waals surface area contributed by atoms with E-state index in [0.29, 0.717) is 5.89 Å². The van der Waals surface area contributed by atoms with E-state index in [-0.39, 0.29) is 4.84 Å². The van der Waals surface area contributed by atoms with Gasteiger partial charge in [-0.25, -0.2) is 9.78 Å². The van der Waals surface area contributed by atoms with Gasteiger partial charge in [0.15, 0.2) is 0 Å². The van der Waals surface area contributed by atoms with Crippen LogP contribution < -0.4 is 0 Å². The van der Waals surface area contributed by atoms with Gasteiger partial charge < -0.3 is 4.42 Å². The van der Waals surface area contributed by atoms with Crippen molar-refractivity contribution in [2.45, 2.75) is 20.8 Å². The smallest absolute Gasteiger partial charge is 0.284 e. The summed E-state index contributed by atoms with van der Waals surface area (Å²) in [6, 6.07) is 6.19. The van der Waals surface area contributed by atoms with Crippen molar-refractivity contribution in [2.75, 3.05) is 0 Å². The summed E-state index contributed by atoms with van der Waals surface area (Å²) in [6.45, 7) is 6.13. The predicted molar refractivity (Wildman–Crippen MR) is 78.5 cm³/mol. The highest BCUT2D eigenvalue weighted by molar-refractivity contribution is 7.71. The number of aryl methyl sites for hydroxylation is 2. The third-order valence-corrected chi connectivity index (χ3v) is 3.50. The van der Waals surface area contributed by atoms with Crippen LogP contribution in [0.2, 0.25) is 0 Å². The third-order valence-electron chi connectivity index (χ3n) is 3.33. The standard InChI is InChI=1S/C14H14N4OS/c1-8-5-4-6-9(2)12(8)18-10(3)11(7-15-18)13-16-17-14(20)19-13/h4-7H,1-3H3,(H,17,20). The van der Waals surface area contributed by atoms with Crippen LogP contribution in [0.15, 0.2) is 28.8 Å². The summed E-state index contributed by atoms with van der Waals surface area (Å²) in [5.74, 6) is 0.463. The highest BCUT2D eigenvalue weighted by Crippen LogP contribution is 2.26. The average Bonchev–Trinajstić information content (AvgIpc) is 2.97. The predicted octanol–water partition coefficient (Wildman–Crippen LogP) is 3.51. The van der Waals surface area contributed by atoms with E-state index in [9.17, 15) is 0 Å². The third kappa shape index (κ3) is 1.98. The maximum absolute atomic E-state index is 5.35. The Kier molecular flexibility index (Phi) is 3.02. The lowest BCUT2D eigenvalue weighted by Crippen LogP contribution is -2.03. The van der Waals surface area contributed by atoms with E-state index in [1.54, 1.807) is 6.20 Å². The molecule has 20 heavy (non-hydrogen) atoms. The first-order chi connectivity index (χ1) is 9.58. The van der Waals surface area contributed by atoms with E-state index in [2.05, 4.69) is 41.3 Å². The van der Waals surface area contributed by atoms with Gasteiger partial charge in [-0.2, -0.15) is 5.10 Å². The molecule has 1 N–H and O–H groups in total. The Morgan fingerprint density at radius 2 is 1.90 bits per heavy atom. The van der Waals surface area contributed by atoms with Gasteiger partial charge in [0.05, 0.1) is 23.1 Å². The van der Waals surface area contributed by atoms with Crippen LogP contribution in [0.25, 0.3) is 17.1 Å². The van der Waals surface area contributed by atoms with Crippen molar-refractivity contribution >= 4 is 12.2 Å². The first-order valence-electron chi connectivity index (χ1n) is 6.25. The Balaban J connectivity index is 2.18. The molecule has 0 saturated carbocycles. The molecule has 0 spiro atoms. The summed E-state index contributed by atoms with van der Waals surface area (Å²) in [5.41, 5.74) is 5.23. The van der Waals surface area contributed by atoms with Crippen LogP contribution in [0.4, 0.5) is 0 Å². The van der Waals surface area contributed by atoms with Gasteiger partial charge in [0, 0.05) is 0 Å². The monoisotopic (exact) mass is 286 g/mol. The second-order valence-electron chi connectivity index (χ2n) is 4.71. The van der Waals surface area contributed by atoms with Crippen LogP contribution in [0.1, 0.15) is 16.8 Å². The Hall–Kier alpha value is -2.21. The van der Waals surface area contributed by atoms with Crippen molar-refractivity contribution in [2.24, 2.45) is 0 Å². The molecule has 0 bridgehead atoms. The molecule has 2 aromatic heterocycles. The number of rotatable bonds is 2. The molecular weight excluding hydrogens is 272 g/mol. The highest BCUT2D eigenvalue weighted by atomic mass is 32.1. The number of nitrogens with one attached hydrogen (secondary N) is 1. The summed E-state index contributed by atoms with van der Waals surface area (Å²) in [6.07, 6.45) is 1.75. The van der Waals surface area contributed by atoms with E-state index in [1.807, 2.05) is 17.7 Å². The molecule has 0 fully saturated rings. The number of hydrogen-bond acceptors (Lipinski definition) is 4. The van der Waals surface area contributed by atoms with Crippen molar-refractivity contribution in [3.8, 4) is 17.1 Å². The van der Waals surface area contributed by atoms with Gasteiger partial charge in [0.1, 0.15) is 0 Å². The van der Waals surface area contributed by atoms with Crippen LogP contribution in [0, 0.1) is 25.6 Å². The van der Waals surface area contributed by atoms with E-state index >= 15 is 0 Å². The molecule has 5 nitrogen and oxygen atoms in total. The molecule has 3 rings (SSSR count). The van der Waals surface area contributed by atoms with Crippen LogP contribution in [0.3, 0.4) is 0 Å². The second-order valence-corrected chi connectivity index (χ2v) is 5.08. The molecule has 0 aliphatic rings. The molecule has 0 unspecified atom stereocenters. The molecule has 3 aromatic rings. The molecule has 0 amide bonds. The summed E-state index contributed by atoms with van der Waals surface area (Å²) in [5, 5.41) is 11.1. The molecular formula is C14H14N4OS. The first-order valence-corrected chi connectivity index (χ1v) is 6.66. The number of hydrogen-bond donors (Lipinski definition) is 1. The average molecular weight is 286 g/mol. The SMILES string of the molecule is Cc1cccc(C)c1-n1ncc(-c2n[nH]c(=S)o2)c1C. The first kappa shape index (κ1) is 12.8. The lowest BCUT2D eigenvalue weighted by Gasteiger charge is -2.11. The van der Waals surface area contributed by atoms with Gasteiger partial charge in [-0.15, -0.1) is 5.10 Å². The molecule has 1 aromatic carbocycles. The van der Waals surface area contributed by atoms with Gasteiger partial charge in [-0.05, 0) is 44.1 Å². The number of aromatic amines is 1. The number of aromatic nitrogens is 4. The van der Waals surface area contributed by atoms with Crippen molar-refractivity contribution in [3.05, 3.63) is 46.1 Å². The zero-order valence-corrected chi connectivity index (χ0v) is 12.3. The number of benzene rings is 1. The summed E-state index contributed by atoms with van der Waals surface area (Å²) >= 11 is 4.91. The van der Waals surface area contributed by atoms with Gasteiger partial charge >= 0.3 is 0 Å². The fourth-order valence-electron chi connectivity index (χ4n) is 2.33. The lowest BCUT2D eigenvalue weighted by atomic mass is 10.1. The Labute approximate surface area is 121 Å². The van der Waals surface area contributed by atoms with Gasteiger partial charge in [0.2, 0.25) is 5.89 Å². The van der Waals surface area contributed by atoms with Gasteiger partial charge in [-0.1, -0.05) is 18.2 Å². The van der Waals surface area contributed by atoms with E-state index < -0.39 is 0 Å². The molecule has 102 valence electrons. The Morgan fingerprint density at radius 1 is 1.20 bits per heavy atom. The van der Waals surface area contributed by atoms with Crippen LogP contribution in [-0.4, -0.2) is 20.0 Å². The fourth-order valence-corrected chi connectivity index (χ4v) is 2.45. The normalized spacial score (nSPS) is 10.9. The van der Waals surface area contributed by atoms with Crippen molar-refractivity contribution in [3.63, 3.8) is 0 Å². The van der Waals surface area contributed by atoms with Crippen LogP contribution in [-0.2, 0) is 0 Å². The quantitative estimate of drug-likeness (QED) is 0.732. The number of H-pyrrole nitrogens is 1. The number of nitrogens with zero attached hydrogens (tertiary/aromatic N) is 3. The zero-order valence-electron chi connectivity index (χ0n) is 11.5. The van der Waals surface area contributed by atoms with E-state index in [0.717, 1.165) is 16.9 Å². The molecule has 0 radical (unpaired) electrons. The van der Waals surface area contributed by atoms with Crippen LogP contribution in [0.5, 0.6) is 0 Å². The summed E-state index contributed by atoms with van der Waals surface area (Å²) in [7, 11) is 0. The Morgan fingerprint density at radius 3 is 2.50 bits per heavy atom. The van der Waals surface area contributed by atoms with Gasteiger partial charge in [-0.3, -0.25) is 0 Å². The minimum atomic E-state index is 0.263. The van der Waals surface area contributed by atoms with Crippen LogP contribution >= 0.6 is 12.2 Å². The van der Waals surface area contributed by atoms with E-state index in [4.69, 9.17) is 16.6 Å². The van der Waals surface area contributed by atoms with Gasteiger partial charge in [0.25, 0.3) is 4.84 Å². The largest absolute Gasteiger partial charge is 0.409 e. The minimum Gasteiger partial charge on any atom is -0.409 e. The maximum Gasteiger partial charge on any atom is 0.284 e. The molecule has 6 heteroatoms. The molecule has 0 atom stereocenters. The fraction of sp³-hybridized carbons (Fsp3) is 0.214.